The Balaban J connectivity index is 2.09. The Morgan fingerprint density at radius 2 is 2.27 bits per heavy atom. The van der Waals surface area contributed by atoms with E-state index in [0.717, 1.165) is 12.0 Å². The molecule has 1 nitrogen and oxygen atoms in total. The second-order valence-corrected chi connectivity index (χ2v) is 4.05. The van der Waals surface area contributed by atoms with Gasteiger partial charge in [-0.25, -0.2) is 0 Å². The van der Waals surface area contributed by atoms with E-state index in [-0.39, 0.29) is 0 Å². The predicted octanol–water partition coefficient (Wildman–Crippen LogP) is 2.52. The fraction of sp³-hybridized carbons (Fsp3) is 1.00. The Labute approximate surface area is 70.8 Å². The largest absolute Gasteiger partial charge is 0.303 e. The van der Waals surface area contributed by atoms with Crippen molar-refractivity contribution in [1.29, 1.82) is 0 Å². The summed E-state index contributed by atoms with van der Waals surface area (Å²) in [4.78, 5) is 2.48. The highest BCUT2D eigenvalue weighted by molar-refractivity contribution is 4.80. The summed E-state index contributed by atoms with van der Waals surface area (Å²) in [5, 5.41) is 0. The van der Waals surface area contributed by atoms with Crippen LogP contribution in [0.3, 0.4) is 0 Å². The number of rotatable bonds is 4. The summed E-state index contributed by atoms with van der Waals surface area (Å²) in [6.45, 7) is 5.99. The van der Waals surface area contributed by atoms with Crippen molar-refractivity contribution in [2.75, 3.05) is 13.6 Å². The summed E-state index contributed by atoms with van der Waals surface area (Å²) in [6, 6.07) is 0.913. The Kier molecular flexibility index (Phi) is 3.38. The molecule has 1 fully saturated rings. The Morgan fingerprint density at radius 3 is 2.64 bits per heavy atom. The first-order valence-electron chi connectivity index (χ1n) is 4.94. The molecule has 0 amide bonds. The smallest absolute Gasteiger partial charge is 0.0107 e. The summed E-state index contributed by atoms with van der Waals surface area (Å²) >= 11 is 0. The minimum absolute atomic E-state index is 0.913. The van der Waals surface area contributed by atoms with Gasteiger partial charge in [0.2, 0.25) is 0 Å². The fourth-order valence-electron chi connectivity index (χ4n) is 1.94. The van der Waals surface area contributed by atoms with Crippen molar-refractivity contribution in [2.45, 2.75) is 45.6 Å². The minimum atomic E-state index is 0.913. The summed E-state index contributed by atoms with van der Waals surface area (Å²) in [7, 11) is 2.24. The molecule has 0 aromatic rings. The van der Waals surface area contributed by atoms with Gasteiger partial charge in [0.15, 0.2) is 0 Å². The zero-order chi connectivity index (χ0) is 8.27. The minimum Gasteiger partial charge on any atom is -0.303 e. The number of likely N-dealkylation sites (tertiary alicyclic amines) is 1. The maximum absolute atomic E-state index is 2.48. The molecule has 2 atom stereocenters. The molecule has 1 aliphatic rings. The SMILES string of the molecule is CCCC(C)C[C@@H]1CCN1C. The highest BCUT2D eigenvalue weighted by Crippen LogP contribution is 2.23. The van der Waals surface area contributed by atoms with Crippen molar-refractivity contribution in [3.8, 4) is 0 Å². The zero-order valence-corrected chi connectivity index (χ0v) is 8.14. The first kappa shape index (κ1) is 9.05. The lowest BCUT2D eigenvalue weighted by Gasteiger charge is -2.39. The summed E-state index contributed by atoms with van der Waals surface area (Å²) in [5.41, 5.74) is 0. The van der Waals surface area contributed by atoms with Crippen LogP contribution in [0.5, 0.6) is 0 Å². The van der Waals surface area contributed by atoms with E-state index in [1.165, 1.54) is 32.2 Å². The van der Waals surface area contributed by atoms with Crippen LogP contribution in [0.25, 0.3) is 0 Å². The van der Waals surface area contributed by atoms with E-state index in [4.69, 9.17) is 0 Å². The molecule has 1 aliphatic heterocycles. The van der Waals surface area contributed by atoms with Gasteiger partial charge >= 0.3 is 0 Å². The number of nitrogens with zero attached hydrogens (tertiary/aromatic N) is 1. The van der Waals surface area contributed by atoms with Crippen LogP contribution in [0.1, 0.15) is 39.5 Å². The third-order valence-electron chi connectivity index (χ3n) is 2.89. The van der Waals surface area contributed by atoms with Gasteiger partial charge in [-0.05, 0) is 32.4 Å². The van der Waals surface area contributed by atoms with Gasteiger partial charge in [-0.3, -0.25) is 0 Å². The molecule has 0 aromatic carbocycles. The number of hydrogen-bond acceptors (Lipinski definition) is 1. The van der Waals surface area contributed by atoms with Gasteiger partial charge in [0.25, 0.3) is 0 Å². The van der Waals surface area contributed by atoms with Crippen LogP contribution in [0.4, 0.5) is 0 Å². The molecule has 0 bridgehead atoms. The van der Waals surface area contributed by atoms with E-state index in [1.807, 2.05) is 0 Å². The molecule has 0 radical (unpaired) electrons. The molecule has 11 heavy (non-hydrogen) atoms. The lowest BCUT2D eigenvalue weighted by Crippen LogP contribution is -2.45. The first-order valence-corrected chi connectivity index (χ1v) is 4.94. The van der Waals surface area contributed by atoms with Gasteiger partial charge in [0, 0.05) is 6.04 Å². The average molecular weight is 155 g/mol. The van der Waals surface area contributed by atoms with Gasteiger partial charge in [0.1, 0.15) is 0 Å². The highest BCUT2D eigenvalue weighted by atomic mass is 15.2. The van der Waals surface area contributed by atoms with Crippen LogP contribution in [0.2, 0.25) is 0 Å². The van der Waals surface area contributed by atoms with Gasteiger partial charge in [-0.1, -0.05) is 26.7 Å². The van der Waals surface area contributed by atoms with Gasteiger partial charge in [0.05, 0.1) is 0 Å². The van der Waals surface area contributed by atoms with Crippen molar-refractivity contribution >= 4 is 0 Å². The van der Waals surface area contributed by atoms with E-state index < -0.39 is 0 Å². The molecular formula is C10H21N. The molecule has 1 rings (SSSR count). The van der Waals surface area contributed by atoms with Gasteiger partial charge in [-0.15, -0.1) is 0 Å². The quantitative estimate of drug-likeness (QED) is 0.603. The topological polar surface area (TPSA) is 3.24 Å². The normalized spacial score (nSPS) is 28.1. The van der Waals surface area contributed by atoms with Crippen LogP contribution in [0.15, 0.2) is 0 Å². The molecule has 0 aliphatic carbocycles. The van der Waals surface area contributed by atoms with Crippen molar-refractivity contribution in [1.82, 2.24) is 4.90 Å². The highest BCUT2D eigenvalue weighted by Gasteiger charge is 2.24. The van der Waals surface area contributed by atoms with E-state index >= 15 is 0 Å². The Bertz CT molecular complexity index is 111. The van der Waals surface area contributed by atoms with Crippen LogP contribution >= 0.6 is 0 Å². The molecule has 1 saturated heterocycles. The van der Waals surface area contributed by atoms with E-state index in [9.17, 15) is 0 Å². The Morgan fingerprint density at radius 1 is 1.55 bits per heavy atom. The second kappa shape index (κ2) is 4.10. The van der Waals surface area contributed by atoms with Crippen molar-refractivity contribution in [3.05, 3.63) is 0 Å². The molecule has 66 valence electrons. The standard InChI is InChI=1S/C10H21N/c1-4-5-9(2)8-10-6-7-11(10)3/h9-10H,4-8H2,1-3H3/t9?,10-/m0/s1. The molecule has 0 spiro atoms. The molecule has 1 heteroatoms. The predicted molar refractivity (Wildman–Crippen MR) is 49.7 cm³/mol. The van der Waals surface area contributed by atoms with E-state index in [0.29, 0.717) is 0 Å². The maximum Gasteiger partial charge on any atom is 0.0107 e. The lowest BCUT2D eigenvalue weighted by molar-refractivity contribution is 0.103. The summed E-state index contributed by atoms with van der Waals surface area (Å²) < 4.78 is 0. The van der Waals surface area contributed by atoms with E-state index in [1.54, 1.807) is 0 Å². The second-order valence-electron chi connectivity index (χ2n) is 4.05. The third kappa shape index (κ3) is 2.48. The fourth-order valence-corrected chi connectivity index (χ4v) is 1.94. The Hall–Kier alpha value is -0.0400. The van der Waals surface area contributed by atoms with Crippen LogP contribution in [0, 0.1) is 5.92 Å². The summed E-state index contributed by atoms with van der Waals surface area (Å²) in [6.07, 6.45) is 5.61. The molecular weight excluding hydrogens is 134 g/mol. The third-order valence-corrected chi connectivity index (χ3v) is 2.89. The first-order chi connectivity index (χ1) is 5.24. The van der Waals surface area contributed by atoms with Gasteiger partial charge < -0.3 is 4.90 Å². The maximum atomic E-state index is 2.48. The molecule has 0 aromatic heterocycles. The van der Waals surface area contributed by atoms with Crippen LogP contribution < -0.4 is 0 Å². The van der Waals surface area contributed by atoms with Crippen molar-refractivity contribution in [3.63, 3.8) is 0 Å². The summed E-state index contributed by atoms with van der Waals surface area (Å²) in [5.74, 6) is 0.938. The van der Waals surface area contributed by atoms with Crippen LogP contribution in [-0.2, 0) is 0 Å². The van der Waals surface area contributed by atoms with Crippen LogP contribution in [-0.4, -0.2) is 24.5 Å². The van der Waals surface area contributed by atoms with Crippen molar-refractivity contribution in [2.24, 2.45) is 5.92 Å². The molecule has 1 heterocycles. The van der Waals surface area contributed by atoms with Crippen molar-refractivity contribution < 1.29 is 0 Å². The van der Waals surface area contributed by atoms with E-state index in [2.05, 4.69) is 25.8 Å². The molecule has 0 saturated carbocycles. The monoisotopic (exact) mass is 155 g/mol. The zero-order valence-electron chi connectivity index (χ0n) is 8.14. The average Bonchev–Trinajstić information content (AvgIpc) is 1.98. The lowest BCUT2D eigenvalue weighted by atomic mass is 9.91. The molecule has 1 unspecified atom stereocenters. The number of hydrogen-bond donors (Lipinski definition) is 0. The van der Waals surface area contributed by atoms with Gasteiger partial charge in [-0.2, -0.15) is 0 Å². The molecule has 0 N–H and O–H groups in total.